The summed E-state index contributed by atoms with van der Waals surface area (Å²) < 4.78 is 6.49. The van der Waals surface area contributed by atoms with Gasteiger partial charge in [0.2, 0.25) is 0 Å². The minimum atomic E-state index is -0.384. The van der Waals surface area contributed by atoms with Crippen LogP contribution in [0.25, 0.3) is 0 Å². The summed E-state index contributed by atoms with van der Waals surface area (Å²) >= 11 is 3.48. The molecule has 0 bridgehead atoms. The topological polar surface area (TPSA) is 45.0 Å². The summed E-state index contributed by atoms with van der Waals surface area (Å²) in [5.41, 5.74) is 1.20. The Balaban J connectivity index is 2.65. The molecule has 0 fully saturated rings. The van der Waals surface area contributed by atoms with Crippen molar-refractivity contribution in [1.29, 1.82) is 5.26 Å². The molecule has 0 amide bonds. The van der Waals surface area contributed by atoms with Crippen LogP contribution in [0.15, 0.2) is 22.7 Å². The first-order chi connectivity index (χ1) is 8.71. The van der Waals surface area contributed by atoms with Gasteiger partial charge in [-0.3, -0.25) is 0 Å². The van der Waals surface area contributed by atoms with E-state index >= 15 is 0 Å². The van der Waals surface area contributed by atoms with Gasteiger partial charge in [-0.05, 0) is 53.0 Å². The molecule has 0 aliphatic heterocycles. The Morgan fingerprint density at radius 1 is 1.44 bits per heavy atom. The molecular formula is C14H19BrN2O. The van der Waals surface area contributed by atoms with Crippen LogP contribution in [-0.4, -0.2) is 12.6 Å². The summed E-state index contributed by atoms with van der Waals surface area (Å²) in [6, 6.07) is 8.09. The van der Waals surface area contributed by atoms with Crippen molar-refractivity contribution in [2.75, 3.05) is 6.54 Å². The first-order valence-electron chi connectivity index (χ1n) is 6.26. The lowest BCUT2D eigenvalue weighted by atomic mass is 10.2. The van der Waals surface area contributed by atoms with E-state index in [1.807, 2.05) is 25.1 Å². The van der Waals surface area contributed by atoms with Gasteiger partial charge in [0.25, 0.3) is 0 Å². The van der Waals surface area contributed by atoms with Gasteiger partial charge in [-0.2, -0.15) is 5.26 Å². The van der Waals surface area contributed by atoms with Gasteiger partial charge >= 0.3 is 0 Å². The van der Waals surface area contributed by atoms with Crippen molar-refractivity contribution in [3.8, 4) is 11.8 Å². The number of hydrogen-bond donors (Lipinski definition) is 1. The maximum absolute atomic E-state index is 8.88. The molecule has 0 aromatic heterocycles. The predicted octanol–water partition coefficient (Wildman–Crippen LogP) is 3.63. The van der Waals surface area contributed by atoms with Gasteiger partial charge in [-0.1, -0.05) is 19.9 Å². The smallest absolute Gasteiger partial charge is 0.184 e. The molecule has 0 radical (unpaired) electrons. The fourth-order valence-corrected chi connectivity index (χ4v) is 2.03. The van der Waals surface area contributed by atoms with E-state index < -0.39 is 0 Å². The third kappa shape index (κ3) is 4.67. The summed E-state index contributed by atoms with van der Waals surface area (Å²) in [6.07, 6.45) is 1.43. The van der Waals surface area contributed by atoms with Crippen molar-refractivity contribution in [3.05, 3.63) is 28.2 Å². The largest absolute Gasteiger partial charge is 0.474 e. The Hall–Kier alpha value is -1.05. The van der Waals surface area contributed by atoms with Crippen LogP contribution in [0, 0.1) is 11.3 Å². The van der Waals surface area contributed by atoms with Crippen molar-refractivity contribution in [3.63, 3.8) is 0 Å². The van der Waals surface area contributed by atoms with Crippen LogP contribution in [0.3, 0.4) is 0 Å². The number of ether oxygens (including phenoxy) is 1. The number of nitrogens with zero attached hydrogens (tertiary/aromatic N) is 1. The highest BCUT2D eigenvalue weighted by Gasteiger charge is 2.09. The van der Waals surface area contributed by atoms with Crippen molar-refractivity contribution >= 4 is 15.9 Å². The maximum Gasteiger partial charge on any atom is 0.184 e. The van der Waals surface area contributed by atoms with E-state index in [9.17, 15) is 0 Å². The minimum Gasteiger partial charge on any atom is -0.474 e. The Labute approximate surface area is 117 Å². The monoisotopic (exact) mass is 310 g/mol. The third-order valence-corrected chi connectivity index (χ3v) is 3.16. The molecule has 1 N–H and O–H groups in total. The zero-order valence-corrected chi connectivity index (χ0v) is 12.5. The fraction of sp³-hybridized carbons (Fsp3) is 0.500. The number of nitriles is 1. The van der Waals surface area contributed by atoms with E-state index in [0.29, 0.717) is 6.42 Å². The van der Waals surface area contributed by atoms with Gasteiger partial charge in [-0.15, -0.1) is 0 Å². The van der Waals surface area contributed by atoms with Crippen LogP contribution < -0.4 is 10.1 Å². The van der Waals surface area contributed by atoms with Gasteiger partial charge in [0.15, 0.2) is 6.10 Å². The van der Waals surface area contributed by atoms with Crippen molar-refractivity contribution in [2.45, 2.75) is 39.3 Å². The highest BCUT2D eigenvalue weighted by atomic mass is 79.9. The molecule has 1 atom stereocenters. The average Bonchev–Trinajstić information content (AvgIpc) is 2.38. The van der Waals surface area contributed by atoms with E-state index in [4.69, 9.17) is 10.00 Å². The zero-order valence-electron chi connectivity index (χ0n) is 10.9. The van der Waals surface area contributed by atoms with E-state index in [1.54, 1.807) is 0 Å². The molecule has 0 aliphatic rings. The first kappa shape index (κ1) is 15.0. The molecule has 18 heavy (non-hydrogen) atoms. The van der Waals surface area contributed by atoms with Gasteiger partial charge in [0, 0.05) is 6.54 Å². The Bertz CT molecular complexity index is 415. The fourth-order valence-electron chi connectivity index (χ4n) is 1.51. The molecule has 1 aromatic rings. The second kappa shape index (κ2) is 8.12. The van der Waals surface area contributed by atoms with Crippen LogP contribution in [-0.2, 0) is 6.54 Å². The van der Waals surface area contributed by atoms with Crippen LogP contribution in [0.5, 0.6) is 5.75 Å². The van der Waals surface area contributed by atoms with Gasteiger partial charge in [0.05, 0.1) is 4.47 Å². The van der Waals surface area contributed by atoms with E-state index in [0.717, 1.165) is 29.7 Å². The summed E-state index contributed by atoms with van der Waals surface area (Å²) in [7, 11) is 0. The predicted molar refractivity (Wildman–Crippen MR) is 76.5 cm³/mol. The normalized spacial score (nSPS) is 11.9. The van der Waals surface area contributed by atoms with Crippen LogP contribution in [0.2, 0.25) is 0 Å². The maximum atomic E-state index is 8.88. The standard InChI is InChI=1S/C14H19BrN2O/c1-3-7-17-10-11-5-6-14(13(15)8-11)18-12(4-2)9-16/h5-6,8,12,17H,3-4,7,10H2,1-2H3. The number of halogens is 1. The van der Waals surface area contributed by atoms with Gasteiger partial charge < -0.3 is 10.1 Å². The summed E-state index contributed by atoms with van der Waals surface area (Å²) in [5, 5.41) is 12.2. The molecule has 0 spiro atoms. The number of rotatable bonds is 7. The quantitative estimate of drug-likeness (QED) is 0.782. The number of benzene rings is 1. The molecule has 4 heteroatoms. The zero-order chi connectivity index (χ0) is 13.4. The lowest BCUT2D eigenvalue weighted by Gasteiger charge is -2.13. The molecule has 1 unspecified atom stereocenters. The summed E-state index contributed by atoms with van der Waals surface area (Å²) in [5.74, 6) is 0.725. The highest BCUT2D eigenvalue weighted by molar-refractivity contribution is 9.10. The molecular weight excluding hydrogens is 292 g/mol. The molecule has 0 saturated heterocycles. The third-order valence-electron chi connectivity index (χ3n) is 2.54. The first-order valence-corrected chi connectivity index (χ1v) is 7.06. The van der Waals surface area contributed by atoms with Crippen LogP contribution in [0.1, 0.15) is 32.3 Å². The van der Waals surface area contributed by atoms with Crippen LogP contribution >= 0.6 is 15.9 Å². The molecule has 98 valence electrons. The lowest BCUT2D eigenvalue weighted by molar-refractivity contribution is 0.250. The number of nitrogens with one attached hydrogen (secondary N) is 1. The second-order valence-corrected chi connectivity index (χ2v) is 4.94. The van der Waals surface area contributed by atoms with Crippen LogP contribution in [0.4, 0.5) is 0 Å². The van der Waals surface area contributed by atoms with Crippen molar-refractivity contribution in [1.82, 2.24) is 5.32 Å². The Morgan fingerprint density at radius 2 is 2.22 bits per heavy atom. The number of hydrogen-bond acceptors (Lipinski definition) is 3. The average molecular weight is 311 g/mol. The Morgan fingerprint density at radius 3 is 2.78 bits per heavy atom. The molecule has 0 saturated carbocycles. The van der Waals surface area contributed by atoms with E-state index in [-0.39, 0.29) is 6.10 Å². The summed E-state index contributed by atoms with van der Waals surface area (Å²) in [6.45, 7) is 5.95. The molecule has 3 nitrogen and oxygen atoms in total. The molecule has 1 aromatic carbocycles. The van der Waals surface area contributed by atoms with Crippen molar-refractivity contribution < 1.29 is 4.74 Å². The van der Waals surface area contributed by atoms with E-state index in [1.165, 1.54) is 5.56 Å². The molecule has 0 aliphatic carbocycles. The minimum absolute atomic E-state index is 0.384. The van der Waals surface area contributed by atoms with Gasteiger partial charge in [0.1, 0.15) is 11.8 Å². The summed E-state index contributed by atoms with van der Waals surface area (Å²) in [4.78, 5) is 0. The second-order valence-electron chi connectivity index (χ2n) is 4.09. The lowest BCUT2D eigenvalue weighted by Crippen LogP contribution is -2.14. The Kier molecular flexibility index (Phi) is 6.77. The SMILES string of the molecule is CCCNCc1ccc(OC(C#N)CC)c(Br)c1. The van der Waals surface area contributed by atoms with E-state index in [2.05, 4.69) is 34.2 Å². The highest BCUT2D eigenvalue weighted by Crippen LogP contribution is 2.27. The van der Waals surface area contributed by atoms with Crippen molar-refractivity contribution in [2.24, 2.45) is 0 Å². The molecule has 0 heterocycles. The molecule has 1 rings (SSSR count). The van der Waals surface area contributed by atoms with Gasteiger partial charge in [-0.25, -0.2) is 0 Å².